The highest BCUT2D eigenvalue weighted by Crippen LogP contribution is 2.35. The molecule has 1 heterocycles. The summed E-state index contributed by atoms with van der Waals surface area (Å²) < 4.78 is 5.45. The molecule has 1 aliphatic heterocycles. The molecular formula is C16H17NO4. The van der Waals surface area contributed by atoms with Crippen LogP contribution in [0.3, 0.4) is 0 Å². The average molecular weight is 287 g/mol. The Balaban J connectivity index is 1.90. The summed E-state index contributed by atoms with van der Waals surface area (Å²) in [5.41, 5.74) is 0.662. The van der Waals surface area contributed by atoms with E-state index in [0.29, 0.717) is 11.4 Å². The number of anilines is 1. The van der Waals surface area contributed by atoms with E-state index in [0.717, 1.165) is 19.3 Å². The van der Waals surface area contributed by atoms with Gasteiger partial charge < -0.3 is 14.7 Å². The van der Waals surface area contributed by atoms with Gasteiger partial charge in [-0.1, -0.05) is 24.3 Å². The molecule has 0 fully saturated rings. The molecule has 21 heavy (non-hydrogen) atoms. The lowest BCUT2D eigenvalue weighted by atomic mass is 9.92. The van der Waals surface area contributed by atoms with E-state index in [1.165, 1.54) is 0 Å². The van der Waals surface area contributed by atoms with Gasteiger partial charge in [0, 0.05) is 5.92 Å². The van der Waals surface area contributed by atoms with Gasteiger partial charge in [-0.3, -0.25) is 4.79 Å². The minimum Gasteiger partial charge on any atom is -0.478 e. The Bertz CT molecular complexity index is 596. The summed E-state index contributed by atoms with van der Waals surface area (Å²) in [5, 5.41) is 9.20. The van der Waals surface area contributed by atoms with Gasteiger partial charge in [0.1, 0.15) is 5.75 Å². The van der Waals surface area contributed by atoms with Gasteiger partial charge in [0.05, 0.1) is 12.2 Å². The lowest BCUT2D eigenvalue weighted by Crippen LogP contribution is -2.49. The van der Waals surface area contributed by atoms with Gasteiger partial charge in [-0.25, -0.2) is 4.79 Å². The summed E-state index contributed by atoms with van der Waals surface area (Å²) in [6, 6.07) is 7.09. The van der Waals surface area contributed by atoms with E-state index in [1.807, 2.05) is 12.1 Å². The first-order valence-corrected chi connectivity index (χ1v) is 7.11. The van der Waals surface area contributed by atoms with Crippen LogP contribution in [0.25, 0.3) is 0 Å². The lowest BCUT2D eigenvalue weighted by molar-refractivity contribution is -0.145. The molecule has 2 aliphatic rings. The third-order valence-electron chi connectivity index (χ3n) is 3.93. The summed E-state index contributed by atoms with van der Waals surface area (Å²) in [7, 11) is 0. The number of hydrogen-bond donors (Lipinski definition) is 1. The summed E-state index contributed by atoms with van der Waals surface area (Å²) >= 11 is 0. The number of aliphatic carboxylic acids is 1. The summed E-state index contributed by atoms with van der Waals surface area (Å²) in [5.74, 6) is -0.682. The molecule has 1 aromatic rings. The molecule has 0 unspecified atom stereocenters. The fourth-order valence-electron chi connectivity index (χ4n) is 2.81. The van der Waals surface area contributed by atoms with Gasteiger partial charge in [0.15, 0.2) is 0 Å². The largest absolute Gasteiger partial charge is 0.478 e. The standard InChI is InChI=1S/C16H17NO4/c18-15(11-6-2-1-3-7-11)17-10-14(16(19)20)21-13-9-5-4-8-12(13)17/h1-2,4-5,8-9,11,14H,3,6-7,10H2,(H,19,20)/t11-,14+/m1/s1. The molecule has 0 saturated heterocycles. The fourth-order valence-corrected chi connectivity index (χ4v) is 2.81. The second-order valence-corrected chi connectivity index (χ2v) is 5.34. The number of carbonyl (C=O) groups excluding carboxylic acids is 1. The highest BCUT2D eigenvalue weighted by Gasteiger charge is 2.36. The zero-order valence-electron chi connectivity index (χ0n) is 11.6. The zero-order valence-corrected chi connectivity index (χ0v) is 11.6. The molecular weight excluding hydrogens is 270 g/mol. The van der Waals surface area contributed by atoms with Crippen LogP contribution in [-0.4, -0.2) is 29.6 Å². The third kappa shape index (κ3) is 2.63. The predicted octanol–water partition coefficient (Wildman–Crippen LogP) is 2.22. The quantitative estimate of drug-likeness (QED) is 0.847. The van der Waals surface area contributed by atoms with Crippen molar-refractivity contribution in [3.05, 3.63) is 36.4 Å². The van der Waals surface area contributed by atoms with Crippen molar-refractivity contribution >= 4 is 17.6 Å². The number of rotatable bonds is 2. The first-order valence-electron chi connectivity index (χ1n) is 7.11. The Hall–Kier alpha value is -2.30. The lowest BCUT2D eigenvalue weighted by Gasteiger charge is -2.35. The van der Waals surface area contributed by atoms with Crippen molar-refractivity contribution in [2.75, 3.05) is 11.4 Å². The first-order chi connectivity index (χ1) is 10.2. The van der Waals surface area contributed by atoms with Crippen LogP contribution in [0.4, 0.5) is 5.69 Å². The Labute approximate surface area is 122 Å². The molecule has 5 nitrogen and oxygen atoms in total. The summed E-state index contributed by atoms with van der Waals surface area (Å²) in [6.45, 7) is 0.0609. The number of benzene rings is 1. The number of carboxylic acid groups (broad SMARTS) is 1. The topological polar surface area (TPSA) is 66.8 Å². The molecule has 1 amide bonds. The molecule has 1 aromatic carbocycles. The van der Waals surface area contributed by atoms with Gasteiger partial charge >= 0.3 is 5.97 Å². The number of fused-ring (bicyclic) bond motifs is 1. The Morgan fingerprint density at radius 2 is 2.05 bits per heavy atom. The van der Waals surface area contributed by atoms with Crippen LogP contribution in [0.15, 0.2) is 36.4 Å². The maximum absolute atomic E-state index is 12.7. The van der Waals surface area contributed by atoms with Crippen molar-refractivity contribution in [1.82, 2.24) is 0 Å². The Morgan fingerprint density at radius 3 is 2.76 bits per heavy atom. The monoisotopic (exact) mass is 287 g/mol. The summed E-state index contributed by atoms with van der Waals surface area (Å²) in [6.07, 6.45) is 5.51. The molecule has 1 N–H and O–H groups in total. The zero-order chi connectivity index (χ0) is 14.8. The second-order valence-electron chi connectivity index (χ2n) is 5.34. The van der Waals surface area contributed by atoms with Crippen LogP contribution < -0.4 is 9.64 Å². The molecule has 0 saturated carbocycles. The van der Waals surface area contributed by atoms with Crippen LogP contribution in [0.1, 0.15) is 19.3 Å². The van der Waals surface area contributed by atoms with Crippen LogP contribution in [-0.2, 0) is 9.59 Å². The van der Waals surface area contributed by atoms with Crippen LogP contribution in [0.2, 0.25) is 0 Å². The van der Waals surface area contributed by atoms with Gasteiger partial charge in [-0.15, -0.1) is 0 Å². The van der Waals surface area contributed by atoms with E-state index < -0.39 is 12.1 Å². The van der Waals surface area contributed by atoms with Gasteiger partial charge in [-0.05, 0) is 31.4 Å². The highest BCUT2D eigenvalue weighted by atomic mass is 16.5. The molecule has 2 atom stereocenters. The van der Waals surface area contributed by atoms with Gasteiger partial charge in [-0.2, -0.15) is 0 Å². The molecule has 0 radical (unpaired) electrons. The predicted molar refractivity (Wildman–Crippen MR) is 77.3 cm³/mol. The number of para-hydroxylation sites is 2. The van der Waals surface area contributed by atoms with Crippen LogP contribution in [0.5, 0.6) is 5.75 Å². The van der Waals surface area contributed by atoms with Crippen molar-refractivity contribution in [1.29, 1.82) is 0 Å². The molecule has 110 valence electrons. The molecule has 0 spiro atoms. The van der Waals surface area contributed by atoms with E-state index in [2.05, 4.69) is 6.08 Å². The number of amides is 1. The van der Waals surface area contributed by atoms with Crippen LogP contribution in [0, 0.1) is 5.92 Å². The second kappa shape index (κ2) is 5.60. The maximum atomic E-state index is 12.7. The van der Waals surface area contributed by atoms with Crippen molar-refractivity contribution < 1.29 is 19.4 Å². The van der Waals surface area contributed by atoms with E-state index in [9.17, 15) is 14.7 Å². The van der Waals surface area contributed by atoms with Crippen molar-refractivity contribution in [3.8, 4) is 5.75 Å². The molecule has 0 bridgehead atoms. The number of carboxylic acids is 1. The smallest absolute Gasteiger partial charge is 0.346 e. The highest BCUT2D eigenvalue weighted by molar-refractivity contribution is 5.98. The van der Waals surface area contributed by atoms with Gasteiger partial charge in [0.2, 0.25) is 12.0 Å². The normalized spacial score (nSPS) is 24.1. The van der Waals surface area contributed by atoms with Gasteiger partial charge in [0.25, 0.3) is 0 Å². The third-order valence-corrected chi connectivity index (χ3v) is 3.93. The SMILES string of the molecule is O=C(O)[C@@H]1CN(C(=O)[C@@H]2CC=CCC2)c2ccccc2O1. The number of nitrogens with zero attached hydrogens (tertiary/aromatic N) is 1. The molecule has 3 rings (SSSR count). The van der Waals surface area contributed by atoms with E-state index in [-0.39, 0.29) is 18.4 Å². The van der Waals surface area contributed by atoms with E-state index >= 15 is 0 Å². The molecule has 1 aliphatic carbocycles. The fraction of sp³-hybridized carbons (Fsp3) is 0.375. The van der Waals surface area contributed by atoms with E-state index in [4.69, 9.17) is 4.74 Å². The van der Waals surface area contributed by atoms with Crippen molar-refractivity contribution in [2.45, 2.75) is 25.4 Å². The van der Waals surface area contributed by atoms with Crippen molar-refractivity contribution in [2.24, 2.45) is 5.92 Å². The number of ether oxygens (including phenoxy) is 1. The Kier molecular flexibility index (Phi) is 3.64. The summed E-state index contributed by atoms with van der Waals surface area (Å²) in [4.78, 5) is 25.5. The van der Waals surface area contributed by atoms with Crippen LogP contribution >= 0.6 is 0 Å². The minimum absolute atomic E-state index is 0.0126. The molecule has 0 aromatic heterocycles. The Morgan fingerprint density at radius 1 is 1.24 bits per heavy atom. The maximum Gasteiger partial charge on any atom is 0.346 e. The van der Waals surface area contributed by atoms with Crippen molar-refractivity contribution in [3.63, 3.8) is 0 Å². The van der Waals surface area contributed by atoms with E-state index in [1.54, 1.807) is 23.1 Å². The first kappa shape index (κ1) is 13.7. The number of carbonyl (C=O) groups is 2. The molecule has 5 heteroatoms. The number of allylic oxidation sites excluding steroid dienone is 2. The average Bonchev–Trinajstić information content (AvgIpc) is 2.54. The minimum atomic E-state index is -1.05. The number of hydrogen-bond acceptors (Lipinski definition) is 3.